The number of amides is 1. The van der Waals surface area contributed by atoms with Gasteiger partial charge in [0, 0.05) is 36.2 Å². The first-order chi connectivity index (χ1) is 12.3. The van der Waals surface area contributed by atoms with Gasteiger partial charge in [-0.2, -0.15) is 10.2 Å². The average molecular weight is 377 g/mol. The summed E-state index contributed by atoms with van der Waals surface area (Å²) in [5, 5.41) is 12.1. The van der Waals surface area contributed by atoms with Crippen molar-refractivity contribution in [1.29, 1.82) is 0 Å². The van der Waals surface area contributed by atoms with Crippen LogP contribution in [0.5, 0.6) is 0 Å². The van der Waals surface area contributed by atoms with Crippen LogP contribution in [-0.2, 0) is 21.2 Å². The Morgan fingerprint density at radius 2 is 2.04 bits per heavy atom. The minimum atomic E-state index is -3.03. The molecule has 8 nitrogen and oxygen atoms in total. The molecule has 0 radical (unpaired) electrons. The second-order valence-corrected chi connectivity index (χ2v) is 9.41. The molecule has 4 heterocycles. The van der Waals surface area contributed by atoms with Crippen LogP contribution in [0.25, 0.3) is 0 Å². The molecule has 1 saturated heterocycles. The summed E-state index contributed by atoms with van der Waals surface area (Å²) < 4.78 is 27.4. The minimum Gasteiger partial charge on any atom is -0.311 e. The van der Waals surface area contributed by atoms with Gasteiger partial charge in [0.25, 0.3) is 0 Å². The van der Waals surface area contributed by atoms with Crippen molar-refractivity contribution in [2.24, 2.45) is 0 Å². The lowest BCUT2D eigenvalue weighted by molar-refractivity contribution is -0.116. The van der Waals surface area contributed by atoms with Gasteiger partial charge < -0.3 is 5.32 Å². The van der Waals surface area contributed by atoms with Crippen LogP contribution in [0.15, 0.2) is 6.20 Å². The number of hydrogen-bond acceptors (Lipinski definition) is 5. The quantitative estimate of drug-likeness (QED) is 0.875. The standard InChI is InChI=1S/C17H23N5O3S/c1-4-21-8-14(10(2)19-21)13-7-15(23)18-17-16(13)11(3)20-22(17)12-5-6-26(24,25)9-12/h8,12-13H,4-7,9H2,1-3H3,(H,18,23)/t12-,13-/m0/s1. The molecule has 26 heavy (non-hydrogen) atoms. The van der Waals surface area contributed by atoms with Crippen LogP contribution >= 0.6 is 0 Å². The first-order valence-corrected chi connectivity index (χ1v) is 10.7. The zero-order chi connectivity index (χ0) is 18.6. The average Bonchev–Trinajstić information content (AvgIpc) is 3.22. The summed E-state index contributed by atoms with van der Waals surface area (Å²) in [6, 6.07) is -0.221. The summed E-state index contributed by atoms with van der Waals surface area (Å²) in [6.45, 7) is 6.67. The molecule has 0 aliphatic carbocycles. The SMILES string of the molecule is CCn1cc([C@@H]2CC(=O)Nc3c2c(C)nn3[C@H]2CCS(=O)(=O)C2)c(C)n1. The van der Waals surface area contributed by atoms with Crippen molar-refractivity contribution in [2.75, 3.05) is 16.8 Å². The molecular weight excluding hydrogens is 354 g/mol. The molecule has 2 aliphatic rings. The predicted octanol–water partition coefficient (Wildman–Crippen LogP) is 1.55. The van der Waals surface area contributed by atoms with Crippen LogP contribution in [0.1, 0.15) is 54.2 Å². The van der Waals surface area contributed by atoms with E-state index in [0.717, 1.165) is 29.1 Å². The van der Waals surface area contributed by atoms with Crippen molar-refractivity contribution >= 4 is 21.6 Å². The van der Waals surface area contributed by atoms with E-state index in [0.29, 0.717) is 18.7 Å². The van der Waals surface area contributed by atoms with Crippen LogP contribution in [0.4, 0.5) is 5.82 Å². The number of anilines is 1. The maximum Gasteiger partial charge on any atom is 0.226 e. The number of nitrogens with zero attached hydrogens (tertiary/aromatic N) is 4. The molecule has 4 rings (SSSR count). The van der Waals surface area contributed by atoms with E-state index >= 15 is 0 Å². The molecule has 2 atom stereocenters. The van der Waals surface area contributed by atoms with Gasteiger partial charge in [-0.1, -0.05) is 0 Å². The second kappa shape index (κ2) is 5.94. The highest BCUT2D eigenvalue weighted by atomic mass is 32.2. The monoisotopic (exact) mass is 377 g/mol. The molecule has 0 spiro atoms. The summed E-state index contributed by atoms with van der Waals surface area (Å²) in [6.07, 6.45) is 2.88. The van der Waals surface area contributed by atoms with E-state index in [1.165, 1.54) is 0 Å². The molecule has 140 valence electrons. The number of nitrogens with one attached hydrogen (secondary N) is 1. The van der Waals surface area contributed by atoms with E-state index in [4.69, 9.17) is 0 Å². The molecular formula is C17H23N5O3S. The Morgan fingerprint density at radius 1 is 1.27 bits per heavy atom. The predicted molar refractivity (Wildman–Crippen MR) is 97.0 cm³/mol. The highest BCUT2D eigenvalue weighted by molar-refractivity contribution is 7.91. The first-order valence-electron chi connectivity index (χ1n) is 8.92. The van der Waals surface area contributed by atoms with Crippen LogP contribution < -0.4 is 5.32 Å². The Labute approximate surface area is 152 Å². The van der Waals surface area contributed by atoms with Gasteiger partial charge in [-0.25, -0.2) is 13.1 Å². The zero-order valence-electron chi connectivity index (χ0n) is 15.2. The number of rotatable bonds is 3. The maximum absolute atomic E-state index is 12.4. The number of aryl methyl sites for hydroxylation is 3. The molecule has 1 amide bonds. The number of fused-ring (bicyclic) bond motifs is 1. The van der Waals surface area contributed by atoms with Crippen LogP contribution in [0, 0.1) is 13.8 Å². The van der Waals surface area contributed by atoms with Crippen molar-refractivity contribution in [3.8, 4) is 0 Å². The van der Waals surface area contributed by atoms with Gasteiger partial charge in [0.05, 0.1) is 28.9 Å². The topological polar surface area (TPSA) is 98.9 Å². The van der Waals surface area contributed by atoms with Crippen molar-refractivity contribution in [2.45, 2.75) is 52.1 Å². The summed E-state index contributed by atoms with van der Waals surface area (Å²) in [5.74, 6) is 0.715. The van der Waals surface area contributed by atoms with Gasteiger partial charge in [-0.15, -0.1) is 0 Å². The van der Waals surface area contributed by atoms with Crippen molar-refractivity contribution in [1.82, 2.24) is 19.6 Å². The lowest BCUT2D eigenvalue weighted by Crippen LogP contribution is -2.26. The molecule has 2 aromatic rings. The molecule has 1 N–H and O–H groups in total. The van der Waals surface area contributed by atoms with E-state index in [-0.39, 0.29) is 29.4 Å². The highest BCUT2D eigenvalue weighted by Gasteiger charge is 2.38. The number of carbonyl (C=O) groups excluding carboxylic acids is 1. The van der Waals surface area contributed by atoms with E-state index in [1.54, 1.807) is 4.68 Å². The van der Waals surface area contributed by atoms with Gasteiger partial charge in [0.15, 0.2) is 9.84 Å². The first kappa shape index (κ1) is 17.3. The highest BCUT2D eigenvalue weighted by Crippen LogP contribution is 2.42. The largest absolute Gasteiger partial charge is 0.311 e. The van der Waals surface area contributed by atoms with E-state index < -0.39 is 9.84 Å². The molecule has 0 aromatic carbocycles. The summed E-state index contributed by atoms with van der Waals surface area (Å²) in [4.78, 5) is 12.4. The van der Waals surface area contributed by atoms with Gasteiger partial charge >= 0.3 is 0 Å². The minimum absolute atomic E-state index is 0.0758. The van der Waals surface area contributed by atoms with Gasteiger partial charge in [0.2, 0.25) is 5.91 Å². The molecule has 2 aliphatic heterocycles. The lowest BCUT2D eigenvalue weighted by Gasteiger charge is -2.25. The fourth-order valence-corrected chi connectivity index (χ4v) is 5.80. The van der Waals surface area contributed by atoms with Gasteiger partial charge in [-0.05, 0) is 27.2 Å². The molecule has 0 bridgehead atoms. The number of carbonyl (C=O) groups is 1. The lowest BCUT2D eigenvalue weighted by atomic mass is 9.86. The Bertz CT molecular complexity index is 988. The van der Waals surface area contributed by atoms with Crippen molar-refractivity contribution in [3.05, 3.63) is 28.7 Å². The normalized spacial score (nSPS) is 24.5. The third-order valence-corrected chi connectivity index (χ3v) is 7.12. The summed E-state index contributed by atoms with van der Waals surface area (Å²) in [5.41, 5.74) is 3.75. The van der Waals surface area contributed by atoms with Crippen molar-refractivity contribution < 1.29 is 13.2 Å². The Hall–Kier alpha value is -2.16. The van der Waals surface area contributed by atoms with Gasteiger partial charge in [-0.3, -0.25) is 9.48 Å². The fraction of sp³-hybridized carbons (Fsp3) is 0.588. The zero-order valence-corrected chi connectivity index (χ0v) is 16.0. The molecule has 0 saturated carbocycles. The third-order valence-electron chi connectivity index (χ3n) is 5.37. The maximum atomic E-state index is 12.4. The Balaban J connectivity index is 1.81. The fourth-order valence-electron chi connectivity index (χ4n) is 4.11. The smallest absolute Gasteiger partial charge is 0.226 e. The van der Waals surface area contributed by atoms with Crippen LogP contribution in [-0.4, -0.2) is 45.4 Å². The van der Waals surface area contributed by atoms with E-state index in [2.05, 4.69) is 15.5 Å². The van der Waals surface area contributed by atoms with Crippen LogP contribution in [0.3, 0.4) is 0 Å². The molecule has 2 aromatic heterocycles. The number of hydrogen-bond donors (Lipinski definition) is 1. The van der Waals surface area contributed by atoms with Gasteiger partial charge in [0.1, 0.15) is 5.82 Å². The Morgan fingerprint density at radius 3 is 2.65 bits per heavy atom. The summed E-state index contributed by atoms with van der Waals surface area (Å²) >= 11 is 0. The van der Waals surface area contributed by atoms with E-state index in [9.17, 15) is 13.2 Å². The molecule has 0 unspecified atom stereocenters. The second-order valence-electron chi connectivity index (χ2n) is 7.18. The van der Waals surface area contributed by atoms with Crippen molar-refractivity contribution in [3.63, 3.8) is 0 Å². The third kappa shape index (κ3) is 2.74. The number of aromatic nitrogens is 4. The van der Waals surface area contributed by atoms with Crippen LogP contribution in [0.2, 0.25) is 0 Å². The summed E-state index contributed by atoms with van der Waals surface area (Å²) in [7, 11) is -3.03. The Kier molecular flexibility index (Phi) is 3.94. The molecule has 9 heteroatoms. The van der Waals surface area contributed by atoms with E-state index in [1.807, 2.05) is 31.6 Å². The number of sulfone groups is 1. The molecule has 1 fully saturated rings.